The van der Waals surface area contributed by atoms with Crippen molar-refractivity contribution in [3.8, 4) is 0 Å². The molecule has 3 amide bonds. The number of amides is 3. The molecule has 4 aromatic rings. The van der Waals surface area contributed by atoms with Gasteiger partial charge in [-0.15, -0.1) is 0 Å². The van der Waals surface area contributed by atoms with E-state index >= 15 is 0 Å². The van der Waals surface area contributed by atoms with Gasteiger partial charge in [-0.1, -0.05) is 49.1 Å². The number of para-hydroxylation sites is 1. The van der Waals surface area contributed by atoms with Crippen molar-refractivity contribution in [1.29, 1.82) is 0 Å². The number of carbonyl (C=O) groups excluding carboxylic acids is 4. The Labute approximate surface area is 283 Å². The summed E-state index contributed by atoms with van der Waals surface area (Å²) in [5.41, 5.74) is 3.21. The summed E-state index contributed by atoms with van der Waals surface area (Å²) in [6, 6.07) is 11.5. The third kappa shape index (κ3) is 6.92. The van der Waals surface area contributed by atoms with Crippen LogP contribution in [0, 0.1) is 6.92 Å². The molecule has 250 valence electrons. The first kappa shape index (κ1) is 33.1. The Hall–Kier alpha value is -4.77. The molecule has 12 heteroatoms. The van der Waals surface area contributed by atoms with Gasteiger partial charge in [0.25, 0.3) is 17.7 Å². The third-order valence-electron chi connectivity index (χ3n) is 8.86. The number of fused-ring (bicyclic) bond motifs is 2. The molecule has 0 spiro atoms. The van der Waals surface area contributed by atoms with Crippen molar-refractivity contribution in [2.45, 2.75) is 90.3 Å². The number of ether oxygens (including phenoxy) is 1. The maximum absolute atomic E-state index is 14.0. The minimum absolute atomic E-state index is 0.00943. The van der Waals surface area contributed by atoms with Crippen LogP contribution in [0.4, 0.5) is 5.69 Å². The Kier molecular flexibility index (Phi) is 9.24. The number of hydrogen-bond donors (Lipinski definition) is 3. The summed E-state index contributed by atoms with van der Waals surface area (Å²) in [6.07, 6.45) is 7.53. The molecule has 0 aliphatic heterocycles. The van der Waals surface area contributed by atoms with Gasteiger partial charge in [0.1, 0.15) is 22.6 Å². The fraction of sp³-hybridized carbons (Fsp3) is 0.389. The minimum Gasteiger partial charge on any atom is -0.456 e. The molecule has 1 saturated carbocycles. The summed E-state index contributed by atoms with van der Waals surface area (Å²) >= 11 is 6.27. The van der Waals surface area contributed by atoms with E-state index in [2.05, 4.69) is 26.0 Å². The number of benzene rings is 2. The first-order chi connectivity index (χ1) is 22.9. The van der Waals surface area contributed by atoms with Gasteiger partial charge in [0, 0.05) is 12.1 Å². The van der Waals surface area contributed by atoms with E-state index in [0.717, 1.165) is 48.8 Å². The van der Waals surface area contributed by atoms with Gasteiger partial charge in [0.05, 0.1) is 28.5 Å². The molecule has 0 radical (unpaired) electrons. The van der Waals surface area contributed by atoms with Crippen molar-refractivity contribution in [2.24, 2.45) is 0 Å². The molecule has 2 aliphatic rings. The van der Waals surface area contributed by atoms with Crippen LogP contribution in [0.15, 0.2) is 48.7 Å². The van der Waals surface area contributed by atoms with Crippen molar-refractivity contribution in [3.63, 3.8) is 0 Å². The summed E-state index contributed by atoms with van der Waals surface area (Å²) < 4.78 is 6.88. The summed E-state index contributed by atoms with van der Waals surface area (Å²) in [5.74, 6) is -1.83. The zero-order valence-electron chi connectivity index (χ0n) is 27.5. The molecule has 0 unspecified atom stereocenters. The van der Waals surface area contributed by atoms with E-state index in [1.165, 1.54) is 16.8 Å². The predicted molar refractivity (Wildman–Crippen MR) is 182 cm³/mol. The molecular weight excluding hydrogens is 632 g/mol. The molecule has 2 aliphatic carbocycles. The van der Waals surface area contributed by atoms with Crippen LogP contribution in [0.2, 0.25) is 5.02 Å². The number of aromatic nitrogens is 3. The minimum atomic E-state index is -0.622. The molecule has 11 nitrogen and oxygen atoms in total. The fourth-order valence-electron chi connectivity index (χ4n) is 6.48. The lowest BCUT2D eigenvalue weighted by molar-refractivity contribution is 0.00682. The SMILES string of the molecule is Cc1c(C(=O)OC(C)(C)C)ccc2c1CC[C@@H]2NC(=O)c1cc(C(=O)NC2CCCCC2)nc2c(C(=O)Nc3ccccc3Cl)cnn12. The number of hydrogen-bond acceptors (Lipinski definition) is 7. The number of nitrogens with one attached hydrogen (secondary N) is 3. The quantitative estimate of drug-likeness (QED) is 0.194. The Morgan fingerprint density at radius 1 is 0.917 bits per heavy atom. The monoisotopic (exact) mass is 670 g/mol. The first-order valence-electron chi connectivity index (χ1n) is 16.3. The Balaban J connectivity index is 1.31. The van der Waals surface area contributed by atoms with Crippen molar-refractivity contribution in [2.75, 3.05) is 5.32 Å². The van der Waals surface area contributed by atoms with E-state index in [1.54, 1.807) is 30.3 Å². The Morgan fingerprint density at radius 2 is 1.67 bits per heavy atom. The van der Waals surface area contributed by atoms with Gasteiger partial charge in [-0.2, -0.15) is 5.10 Å². The maximum Gasteiger partial charge on any atom is 0.338 e. The number of rotatable bonds is 7. The van der Waals surface area contributed by atoms with Crippen LogP contribution in [0.5, 0.6) is 0 Å². The predicted octanol–water partition coefficient (Wildman–Crippen LogP) is 6.38. The lowest BCUT2D eigenvalue weighted by Crippen LogP contribution is -2.37. The highest BCUT2D eigenvalue weighted by molar-refractivity contribution is 6.34. The third-order valence-corrected chi connectivity index (χ3v) is 9.19. The van der Waals surface area contributed by atoms with Gasteiger partial charge in [0.15, 0.2) is 5.65 Å². The van der Waals surface area contributed by atoms with Crippen molar-refractivity contribution in [3.05, 3.63) is 92.9 Å². The zero-order valence-corrected chi connectivity index (χ0v) is 28.2. The fourth-order valence-corrected chi connectivity index (χ4v) is 6.66. The molecule has 2 heterocycles. The molecule has 1 atom stereocenters. The molecule has 3 N–H and O–H groups in total. The summed E-state index contributed by atoms with van der Waals surface area (Å²) in [7, 11) is 0. The van der Waals surface area contributed by atoms with Crippen LogP contribution in [-0.4, -0.2) is 49.9 Å². The standard InChI is InChI=1S/C36H39ClN6O5/c1-20-22-16-17-27(24(22)15-14-23(20)35(47)48-36(2,3)4)41-34(46)30-18-29(33(45)39-21-10-6-5-7-11-21)40-31-25(19-38-43(30)31)32(44)42-28-13-9-8-12-26(28)37/h8-9,12-15,18-19,21,27H,5-7,10-11,16-17H2,1-4H3,(H,39,45)(H,41,46)(H,42,44)/t27-/m0/s1. The van der Waals surface area contributed by atoms with Gasteiger partial charge in [-0.25, -0.2) is 14.3 Å². The van der Waals surface area contributed by atoms with Gasteiger partial charge in [-0.05, 0) is 88.3 Å². The molecular formula is C36H39ClN6O5. The number of nitrogens with zero attached hydrogens (tertiary/aromatic N) is 3. The smallest absolute Gasteiger partial charge is 0.338 e. The summed E-state index contributed by atoms with van der Waals surface area (Å²) in [5, 5.41) is 13.6. The number of halogens is 1. The molecule has 0 bridgehead atoms. The summed E-state index contributed by atoms with van der Waals surface area (Å²) in [6.45, 7) is 7.38. The second-order valence-corrected chi connectivity index (χ2v) is 13.8. The van der Waals surface area contributed by atoms with Crippen molar-refractivity contribution in [1.82, 2.24) is 25.2 Å². The molecule has 2 aromatic heterocycles. The van der Waals surface area contributed by atoms with Gasteiger partial charge >= 0.3 is 5.97 Å². The van der Waals surface area contributed by atoms with E-state index in [9.17, 15) is 19.2 Å². The highest BCUT2D eigenvalue weighted by Crippen LogP contribution is 2.35. The normalized spacial score (nSPS) is 16.3. The van der Waals surface area contributed by atoms with Gasteiger partial charge in [-0.3, -0.25) is 14.4 Å². The maximum atomic E-state index is 14.0. The van der Waals surface area contributed by atoms with Crippen LogP contribution < -0.4 is 16.0 Å². The second-order valence-electron chi connectivity index (χ2n) is 13.4. The molecule has 6 rings (SSSR count). The number of carbonyl (C=O) groups is 4. The van der Waals surface area contributed by atoms with Crippen LogP contribution in [0.25, 0.3) is 5.65 Å². The first-order valence-corrected chi connectivity index (χ1v) is 16.7. The van der Waals surface area contributed by atoms with E-state index in [1.807, 2.05) is 33.8 Å². The zero-order chi connectivity index (χ0) is 34.2. The topological polar surface area (TPSA) is 144 Å². The number of anilines is 1. The van der Waals surface area contributed by atoms with Crippen molar-refractivity contribution >= 4 is 46.6 Å². The van der Waals surface area contributed by atoms with Crippen LogP contribution >= 0.6 is 11.6 Å². The van der Waals surface area contributed by atoms with Crippen LogP contribution in [0.1, 0.15) is 124 Å². The van der Waals surface area contributed by atoms with Crippen LogP contribution in [0.3, 0.4) is 0 Å². The van der Waals surface area contributed by atoms with E-state index < -0.39 is 23.3 Å². The summed E-state index contributed by atoms with van der Waals surface area (Å²) in [4.78, 5) is 58.3. The molecule has 2 aromatic carbocycles. The highest BCUT2D eigenvalue weighted by Gasteiger charge is 2.31. The van der Waals surface area contributed by atoms with Gasteiger partial charge in [0.2, 0.25) is 0 Å². The second kappa shape index (κ2) is 13.4. The molecule has 48 heavy (non-hydrogen) atoms. The molecule has 1 fully saturated rings. The Bertz CT molecular complexity index is 1920. The lowest BCUT2D eigenvalue weighted by Gasteiger charge is -2.22. The largest absolute Gasteiger partial charge is 0.456 e. The number of esters is 1. The molecule has 0 saturated heterocycles. The van der Waals surface area contributed by atoms with Crippen LogP contribution in [-0.2, 0) is 11.2 Å². The van der Waals surface area contributed by atoms with E-state index in [0.29, 0.717) is 29.1 Å². The average molecular weight is 671 g/mol. The lowest BCUT2D eigenvalue weighted by atomic mass is 9.95. The Morgan fingerprint density at radius 3 is 2.40 bits per heavy atom. The van der Waals surface area contributed by atoms with E-state index in [-0.39, 0.29) is 40.7 Å². The average Bonchev–Trinajstić information content (AvgIpc) is 3.66. The van der Waals surface area contributed by atoms with Crippen molar-refractivity contribution < 1.29 is 23.9 Å². The van der Waals surface area contributed by atoms with Gasteiger partial charge < -0.3 is 20.7 Å². The van der Waals surface area contributed by atoms with E-state index in [4.69, 9.17) is 16.3 Å². The highest BCUT2D eigenvalue weighted by atomic mass is 35.5.